The second-order valence-corrected chi connectivity index (χ2v) is 6.49. The number of nitrogens with zero attached hydrogens (tertiary/aromatic N) is 2. The van der Waals surface area contributed by atoms with E-state index in [4.69, 9.17) is 0 Å². The van der Waals surface area contributed by atoms with Gasteiger partial charge in [0.2, 0.25) is 17.7 Å². The minimum Gasteiger partial charge on any atom is -0.304 e. The molecular weight excluding hydrogens is 290 g/mol. The number of hydrogen-bond donors (Lipinski definition) is 1. The Morgan fingerprint density at radius 2 is 1.95 bits per heavy atom. The Morgan fingerprint density at radius 1 is 1.33 bits per heavy atom. The number of likely N-dealkylation sites (tertiary alicyclic amines) is 1. The van der Waals surface area contributed by atoms with Gasteiger partial charge in [0.05, 0.1) is 18.4 Å². The smallest absolute Gasteiger partial charge is 0.248 e. The van der Waals surface area contributed by atoms with Crippen molar-refractivity contribution in [3.8, 4) is 0 Å². The fourth-order valence-electron chi connectivity index (χ4n) is 2.95. The molecule has 21 heavy (non-hydrogen) atoms. The molecule has 1 fully saturated rings. The number of carbonyl (C=O) groups is 3. The predicted molar refractivity (Wildman–Crippen MR) is 79.6 cm³/mol. The second-order valence-electron chi connectivity index (χ2n) is 5.40. The first-order chi connectivity index (χ1) is 10.1. The van der Waals surface area contributed by atoms with Gasteiger partial charge in [-0.25, -0.2) is 0 Å². The molecule has 112 valence electrons. The normalized spacial score (nSPS) is 29.4. The summed E-state index contributed by atoms with van der Waals surface area (Å²) in [5.74, 6) is -0.541. The Hall–Kier alpha value is -1.63. The fourth-order valence-corrected chi connectivity index (χ4v) is 3.68. The highest BCUT2D eigenvalue weighted by atomic mass is 32.2. The molecule has 1 N–H and O–H groups in total. The number of fused-ring (bicyclic) bond motifs is 1. The quantitative estimate of drug-likeness (QED) is 0.597. The van der Waals surface area contributed by atoms with Gasteiger partial charge >= 0.3 is 0 Å². The van der Waals surface area contributed by atoms with Crippen molar-refractivity contribution < 1.29 is 14.4 Å². The van der Waals surface area contributed by atoms with Crippen LogP contribution in [0.5, 0.6) is 0 Å². The van der Waals surface area contributed by atoms with Crippen LogP contribution in [0.25, 0.3) is 0 Å². The first-order valence-corrected chi connectivity index (χ1v) is 8.08. The van der Waals surface area contributed by atoms with Crippen LogP contribution in [0.1, 0.15) is 19.8 Å². The number of amides is 3. The highest BCUT2D eigenvalue weighted by Gasteiger charge is 2.50. The van der Waals surface area contributed by atoms with Gasteiger partial charge in [-0.3, -0.25) is 24.3 Å². The maximum Gasteiger partial charge on any atom is 0.248 e. The van der Waals surface area contributed by atoms with Crippen molar-refractivity contribution in [2.75, 3.05) is 12.3 Å². The van der Waals surface area contributed by atoms with E-state index in [1.807, 2.05) is 12.2 Å². The second kappa shape index (κ2) is 5.63. The molecule has 0 aromatic rings. The maximum absolute atomic E-state index is 12.4. The lowest BCUT2D eigenvalue weighted by molar-refractivity contribution is -0.146. The Bertz CT molecular complexity index is 532. The molecule has 3 atom stereocenters. The summed E-state index contributed by atoms with van der Waals surface area (Å²) in [6.07, 6.45) is 5.04. The molecule has 2 aliphatic heterocycles. The van der Waals surface area contributed by atoms with Gasteiger partial charge in [0.15, 0.2) is 5.17 Å². The molecule has 3 rings (SSSR count). The van der Waals surface area contributed by atoms with Gasteiger partial charge in [0, 0.05) is 5.75 Å². The van der Waals surface area contributed by atoms with Crippen LogP contribution < -0.4 is 5.32 Å². The monoisotopic (exact) mass is 307 g/mol. The number of rotatable bonds is 2. The Kier molecular flexibility index (Phi) is 3.84. The minimum absolute atomic E-state index is 0.224. The lowest BCUT2D eigenvalue weighted by atomic mass is 9.85. The van der Waals surface area contributed by atoms with Gasteiger partial charge < -0.3 is 5.32 Å². The average Bonchev–Trinajstić information content (AvgIpc) is 3.07. The van der Waals surface area contributed by atoms with E-state index in [2.05, 4.69) is 10.3 Å². The van der Waals surface area contributed by atoms with Crippen molar-refractivity contribution in [2.24, 2.45) is 16.8 Å². The van der Waals surface area contributed by atoms with Crippen molar-refractivity contribution >= 4 is 34.7 Å². The molecule has 0 bridgehead atoms. The number of carbonyl (C=O) groups excluding carboxylic acids is 3. The van der Waals surface area contributed by atoms with Crippen LogP contribution in [-0.4, -0.2) is 46.1 Å². The molecule has 7 heteroatoms. The molecule has 0 spiro atoms. The Morgan fingerprint density at radius 3 is 2.48 bits per heavy atom. The first-order valence-electron chi connectivity index (χ1n) is 7.09. The van der Waals surface area contributed by atoms with E-state index >= 15 is 0 Å². The van der Waals surface area contributed by atoms with Crippen LogP contribution >= 0.6 is 11.8 Å². The Labute approximate surface area is 127 Å². The van der Waals surface area contributed by atoms with Gasteiger partial charge in [0.1, 0.15) is 6.04 Å². The third kappa shape index (κ3) is 2.50. The summed E-state index contributed by atoms with van der Waals surface area (Å²) in [6.45, 7) is 2.28. The van der Waals surface area contributed by atoms with Gasteiger partial charge in [0.25, 0.3) is 0 Å². The number of allylic oxidation sites excluding steroid dienone is 2. The number of nitrogens with one attached hydrogen (secondary N) is 1. The van der Waals surface area contributed by atoms with Crippen LogP contribution in [0.4, 0.5) is 0 Å². The summed E-state index contributed by atoms with van der Waals surface area (Å²) < 4.78 is 0. The van der Waals surface area contributed by atoms with E-state index < -0.39 is 6.04 Å². The molecule has 0 aromatic carbocycles. The highest BCUT2D eigenvalue weighted by Crippen LogP contribution is 2.36. The SMILES string of the molecule is C[C@@H](C(=O)NC1=NCCS1)N1C(=O)[C@H]2CC=CC[C@H]2C1=O. The molecule has 2 heterocycles. The molecule has 0 saturated carbocycles. The summed E-state index contributed by atoms with van der Waals surface area (Å²) in [5, 5.41) is 3.26. The van der Waals surface area contributed by atoms with E-state index in [-0.39, 0.29) is 29.6 Å². The maximum atomic E-state index is 12.4. The van der Waals surface area contributed by atoms with Gasteiger partial charge in [-0.05, 0) is 19.8 Å². The fraction of sp³-hybridized carbons (Fsp3) is 0.571. The molecule has 1 aliphatic carbocycles. The predicted octanol–water partition coefficient (Wildman–Crippen LogP) is 0.545. The summed E-state index contributed by atoms with van der Waals surface area (Å²) in [6, 6.07) is -0.792. The van der Waals surface area contributed by atoms with Gasteiger partial charge in [-0.15, -0.1) is 0 Å². The van der Waals surface area contributed by atoms with Gasteiger partial charge in [-0.1, -0.05) is 23.9 Å². The number of amidine groups is 1. The third-order valence-electron chi connectivity index (χ3n) is 4.12. The van der Waals surface area contributed by atoms with Crippen molar-refractivity contribution in [1.29, 1.82) is 0 Å². The standard InChI is InChI=1S/C14H17N3O3S/c1-8(11(18)16-14-15-6-7-21-14)17-12(19)9-4-2-3-5-10(9)13(17)20/h2-3,8-10H,4-7H2,1H3,(H,15,16,18)/t8-,9-,10+/m0/s1. The average molecular weight is 307 g/mol. The number of imide groups is 1. The molecular formula is C14H17N3O3S. The summed E-state index contributed by atoms with van der Waals surface area (Å²) in [5.41, 5.74) is 0. The van der Waals surface area contributed by atoms with Crippen LogP contribution in [0, 0.1) is 11.8 Å². The summed E-state index contributed by atoms with van der Waals surface area (Å²) in [7, 11) is 0. The van der Waals surface area contributed by atoms with E-state index in [0.717, 1.165) is 10.7 Å². The largest absolute Gasteiger partial charge is 0.304 e. The highest BCUT2D eigenvalue weighted by molar-refractivity contribution is 8.14. The van der Waals surface area contributed by atoms with Crippen LogP contribution in [0.15, 0.2) is 17.1 Å². The molecule has 3 amide bonds. The molecule has 0 radical (unpaired) electrons. The third-order valence-corrected chi connectivity index (χ3v) is 5.02. The number of thioether (sulfide) groups is 1. The van der Waals surface area contributed by atoms with Crippen molar-refractivity contribution in [3.63, 3.8) is 0 Å². The molecule has 3 aliphatic rings. The van der Waals surface area contributed by atoms with Gasteiger partial charge in [-0.2, -0.15) is 0 Å². The zero-order chi connectivity index (χ0) is 15.0. The summed E-state index contributed by atoms with van der Waals surface area (Å²) in [4.78, 5) is 42.3. The molecule has 6 nitrogen and oxygen atoms in total. The lowest BCUT2D eigenvalue weighted by Crippen LogP contribution is -2.49. The molecule has 0 unspecified atom stereocenters. The minimum atomic E-state index is -0.792. The van der Waals surface area contributed by atoms with E-state index in [1.54, 1.807) is 6.92 Å². The molecule has 1 saturated heterocycles. The zero-order valence-corrected chi connectivity index (χ0v) is 12.6. The summed E-state index contributed by atoms with van der Waals surface area (Å²) >= 11 is 1.47. The Balaban J connectivity index is 1.72. The van der Waals surface area contributed by atoms with Crippen LogP contribution in [0.3, 0.4) is 0 Å². The number of aliphatic imine (C=N–C) groups is 1. The van der Waals surface area contributed by atoms with E-state index in [0.29, 0.717) is 24.6 Å². The first kappa shape index (κ1) is 14.3. The number of hydrogen-bond acceptors (Lipinski definition) is 5. The van der Waals surface area contributed by atoms with E-state index in [9.17, 15) is 14.4 Å². The van der Waals surface area contributed by atoms with E-state index in [1.165, 1.54) is 11.8 Å². The van der Waals surface area contributed by atoms with Crippen molar-refractivity contribution in [2.45, 2.75) is 25.8 Å². The van der Waals surface area contributed by atoms with Crippen LogP contribution in [0.2, 0.25) is 0 Å². The molecule has 0 aromatic heterocycles. The lowest BCUT2D eigenvalue weighted by Gasteiger charge is -2.22. The van der Waals surface area contributed by atoms with Crippen molar-refractivity contribution in [1.82, 2.24) is 10.2 Å². The zero-order valence-electron chi connectivity index (χ0n) is 11.7. The topological polar surface area (TPSA) is 78.8 Å². The van der Waals surface area contributed by atoms with Crippen molar-refractivity contribution in [3.05, 3.63) is 12.2 Å². The van der Waals surface area contributed by atoms with Crippen LogP contribution in [-0.2, 0) is 14.4 Å².